The third-order valence-electron chi connectivity index (χ3n) is 9.88. The molecule has 0 rings (SSSR count). The summed E-state index contributed by atoms with van der Waals surface area (Å²) in [4.78, 5) is 12.4. The standard InChI is InChI=1S/C42H83NO4/c1-3-5-7-9-11-13-15-17-19-20-21-22-23-25-27-29-31-33-35-37-41(46)42(47)43-39(38-44)40(45)36-34-32-30-28-26-24-18-16-14-12-10-8-6-4-2/h34,36,39-41,44-46H,3-33,35,37-38H2,1-2H3,(H,43,47)/b36-34+. The fourth-order valence-electron chi connectivity index (χ4n) is 6.54. The minimum Gasteiger partial charge on any atom is -0.394 e. The zero-order valence-corrected chi connectivity index (χ0v) is 31.7. The summed E-state index contributed by atoms with van der Waals surface area (Å²) in [6.07, 6.45) is 43.8. The van der Waals surface area contributed by atoms with E-state index >= 15 is 0 Å². The van der Waals surface area contributed by atoms with E-state index in [2.05, 4.69) is 19.2 Å². The molecule has 0 saturated heterocycles. The molecule has 0 aromatic heterocycles. The minimum absolute atomic E-state index is 0.359. The topological polar surface area (TPSA) is 89.8 Å². The van der Waals surface area contributed by atoms with E-state index in [1.165, 1.54) is 173 Å². The van der Waals surface area contributed by atoms with Crippen LogP contribution in [0.2, 0.25) is 0 Å². The van der Waals surface area contributed by atoms with E-state index in [0.29, 0.717) is 6.42 Å². The van der Waals surface area contributed by atoms with Gasteiger partial charge >= 0.3 is 0 Å². The van der Waals surface area contributed by atoms with E-state index in [9.17, 15) is 20.1 Å². The average Bonchev–Trinajstić information content (AvgIpc) is 3.07. The molecule has 0 bridgehead atoms. The summed E-state index contributed by atoms with van der Waals surface area (Å²) in [5.74, 6) is -0.500. The molecule has 5 heteroatoms. The Kier molecular flexibility index (Phi) is 37.2. The molecule has 0 radical (unpaired) electrons. The molecule has 0 saturated carbocycles. The van der Waals surface area contributed by atoms with E-state index in [1.54, 1.807) is 6.08 Å². The van der Waals surface area contributed by atoms with Crippen molar-refractivity contribution in [2.45, 2.75) is 244 Å². The van der Waals surface area contributed by atoms with Gasteiger partial charge in [-0.2, -0.15) is 0 Å². The number of nitrogens with one attached hydrogen (secondary N) is 1. The molecule has 0 aliphatic carbocycles. The zero-order valence-electron chi connectivity index (χ0n) is 31.7. The second-order valence-electron chi connectivity index (χ2n) is 14.6. The first-order valence-electron chi connectivity index (χ1n) is 21.0. The highest BCUT2D eigenvalue weighted by Gasteiger charge is 2.22. The molecule has 3 unspecified atom stereocenters. The van der Waals surface area contributed by atoms with Gasteiger partial charge in [0.1, 0.15) is 6.10 Å². The van der Waals surface area contributed by atoms with Crippen LogP contribution in [0.4, 0.5) is 0 Å². The molecule has 47 heavy (non-hydrogen) atoms. The summed E-state index contributed by atoms with van der Waals surface area (Å²) in [6, 6.07) is -0.791. The molecule has 0 aromatic rings. The molecule has 4 N–H and O–H groups in total. The molecule has 0 spiro atoms. The first-order chi connectivity index (χ1) is 23.1. The summed E-state index contributed by atoms with van der Waals surface area (Å²) < 4.78 is 0. The maximum absolute atomic E-state index is 12.4. The number of aliphatic hydroxyl groups is 3. The predicted molar refractivity (Wildman–Crippen MR) is 204 cm³/mol. The number of allylic oxidation sites excluding steroid dienone is 1. The second-order valence-corrected chi connectivity index (χ2v) is 14.6. The van der Waals surface area contributed by atoms with Gasteiger partial charge < -0.3 is 20.6 Å². The van der Waals surface area contributed by atoms with Gasteiger partial charge in [0.2, 0.25) is 5.91 Å². The van der Waals surface area contributed by atoms with Gasteiger partial charge in [0.15, 0.2) is 0 Å². The van der Waals surface area contributed by atoms with Crippen LogP contribution >= 0.6 is 0 Å². The smallest absolute Gasteiger partial charge is 0.249 e. The van der Waals surface area contributed by atoms with Gasteiger partial charge in [0.05, 0.1) is 18.8 Å². The molecule has 1 amide bonds. The Balaban J connectivity index is 3.65. The van der Waals surface area contributed by atoms with Crippen LogP contribution in [0.1, 0.15) is 226 Å². The van der Waals surface area contributed by atoms with Crippen molar-refractivity contribution in [3.8, 4) is 0 Å². The molecule has 280 valence electrons. The van der Waals surface area contributed by atoms with Crippen LogP contribution in [0, 0.1) is 0 Å². The molecule has 0 fully saturated rings. The molecule has 0 aliphatic heterocycles. The number of unbranched alkanes of at least 4 members (excludes halogenated alkanes) is 30. The molecule has 0 heterocycles. The fraction of sp³-hybridized carbons (Fsp3) is 0.929. The lowest BCUT2D eigenvalue weighted by atomic mass is 10.0. The summed E-state index contributed by atoms with van der Waals surface area (Å²) in [5.41, 5.74) is 0. The summed E-state index contributed by atoms with van der Waals surface area (Å²) in [5, 5.41) is 33.1. The van der Waals surface area contributed by atoms with Crippen LogP contribution in [-0.4, -0.2) is 46.1 Å². The monoisotopic (exact) mass is 666 g/mol. The lowest BCUT2D eigenvalue weighted by molar-refractivity contribution is -0.131. The van der Waals surface area contributed by atoms with E-state index in [0.717, 1.165) is 32.1 Å². The zero-order chi connectivity index (χ0) is 34.5. The van der Waals surface area contributed by atoms with Crippen LogP contribution in [-0.2, 0) is 4.79 Å². The third kappa shape index (κ3) is 33.4. The van der Waals surface area contributed by atoms with E-state index in [4.69, 9.17) is 0 Å². The number of amides is 1. The largest absolute Gasteiger partial charge is 0.394 e. The first kappa shape index (κ1) is 46.1. The molecule has 0 aromatic carbocycles. The van der Waals surface area contributed by atoms with E-state index in [1.807, 2.05) is 6.08 Å². The van der Waals surface area contributed by atoms with Gasteiger partial charge in [-0.05, 0) is 19.3 Å². The lowest BCUT2D eigenvalue weighted by Gasteiger charge is -2.21. The average molecular weight is 666 g/mol. The summed E-state index contributed by atoms with van der Waals surface area (Å²) >= 11 is 0. The van der Waals surface area contributed by atoms with Crippen molar-refractivity contribution in [3.63, 3.8) is 0 Å². The Morgan fingerprint density at radius 2 is 0.830 bits per heavy atom. The fourth-order valence-corrected chi connectivity index (χ4v) is 6.54. The summed E-state index contributed by atoms with van der Waals surface area (Å²) in [7, 11) is 0. The number of hydrogen-bond donors (Lipinski definition) is 4. The van der Waals surface area contributed by atoms with E-state index in [-0.39, 0.29) is 6.61 Å². The van der Waals surface area contributed by atoms with Crippen molar-refractivity contribution < 1.29 is 20.1 Å². The number of hydrogen-bond acceptors (Lipinski definition) is 4. The Labute approximate surface area is 293 Å². The van der Waals surface area contributed by atoms with Crippen molar-refractivity contribution in [3.05, 3.63) is 12.2 Å². The van der Waals surface area contributed by atoms with Gasteiger partial charge in [-0.15, -0.1) is 0 Å². The number of aliphatic hydroxyl groups excluding tert-OH is 3. The highest BCUT2D eigenvalue weighted by molar-refractivity contribution is 5.80. The van der Waals surface area contributed by atoms with Crippen molar-refractivity contribution in [1.82, 2.24) is 5.32 Å². The number of carbonyl (C=O) groups is 1. The van der Waals surface area contributed by atoms with E-state index < -0.39 is 24.2 Å². The highest BCUT2D eigenvalue weighted by Crippen LogP contribution is 2.16. The summed E-state index contributed by atoms with van der Waals surface area (Å²) in [6.45, 7) is 4.19. The molecule has 3 atom stereocenters. The maximum Gasteiger partial charge on any atom is 0.249 e. The second kappa shape index (κ2) is 37.9. The maximum atomic E-state index is 12.4. The minimum atomic E-state index is -1.09. The molecule has 0 aliphatic rings. The third-order valence-corrected chi connectivity index (χ3v) is 9.88. The Hall–Kier alpha value is -0.910. The van der Waals surface area contributed by atoms with Gasteiger partial charge in [-0.1, -0.05) is 219 Å². The van der Waals surface area contributed by atoms with Crippen LogP contribution in [0.3, 0.4) is 0 Å². The lowest BCUT2D eigenvalue weighted by Crippen LogP contribution is -2.48. The molecule has 5 nitrogen and oxygen atoms in total. The van der Waals surface area contributed by atoms with Gasteiger partial charge in [0.25, 0.3) is 0 Å². The SMILES string of the molecule is CCCCCCCCCCCCCC/C=C/C(O)C(CO)NC(=O)C(O)CCCCCCCCCCCCCCCCCCCCC. The van der Waals surface area contributed by atoms with Crippen LogP contribution in [0.25, 0.3) is 0 Å². The number of rotatable bonds is 38. The molecular weight excluding hydrogens is 582 g/mol. The highest BCUT2D eigenvalue weighted by atomic mass is 16.3. The molecular formula is C42H83NO4. The van der Waals surface area contributed by atoms with Crippen molar-refractivity contribution in [1.29, 1.82) is 0 Å². The Bertz CT molecular complexity index is 655. The predicted octanol–water partition coefficient (Wildman–Crippen LogP) is 11.7. The van der Waals surface area contributed by atoms with Crippen molar-refractivity contribution in [2.24, 2.45) is 0 Å². The number of carbonyl (C=O) groups excluding carboxylic acids is 1. The Morgan fingerprint density at radius 3 is 1.17 bits per heavy atom. The van der Waals surface area contributed by atoms with Crippen LogP contribution in [0.5, 0.6) is 0 Å². The quantitative estimate of drug-likeness (QED) is 0.0390. The van der Waals surface area contributed by atoms with Gasteiger partial charge in [-0.25, -0.2) is 0 Å². The van der Waals surface area contributed by atoms with Gasteiger partial charge in [0, 0.05) is 0 Å². The van der Waals surface area contributed by atoms with Crippen molar-refractivity contribution >= 4 is 5.91 Å². The normalized spacial score (nSPS) is 13.7. The Morgan fingerprint density at radius 1 is 0.511 bits per heavy atom. The van der Waals surface area contributed by atoms with Crippen LogP contribution < -0.4 is 5.32 Å². The van der Waals surface area contributed by atoms with Crippen molar-refractivity contribution in [2.75, 3.05) is 6.61 Å². The van der Waals surface area contributed by atoms with Gasteiger partial charge in [-0.3, -0.25) is 4.79 Å². The van der Waals surface area contributed by atoms with Crippen LogP contribution in [0.15, 0.2) is 12.2 Å². The first-order valence-corrected chi connectivity index (χ1v) is 21.0.